The van der Waals surface area contributed by atoms with Gasteiger partial charge in [0.2, 0.25) is 0 Å². The minimum atomic E-state index is -3.88. The molecule has 2 aliphatic heterocycles. The van der Waals surface area contributed by atoms with Gasteiger partial charge in [0.1, 0.15) is 5.69 Å². The molecule has 2 aliphatic rings. The summed E-state index contributed by atoms with van der Waals surface area (Å²) < 4.78 is 58.6. The molecule has 2 aromatic rings. The highest BCUT2D eigenvalue weighted by molar-refractivity contribution is 8.27. The van der Waals surface area contributed by atoms with E-state index in [1.165, 1.54) is 21.3 Å². The summed E-state index contributed by atoms with van der Waals surface area (Å²) in [6, 6.07) is 9.67. The number of amides is 1. The quantitative estimate of drug-likeness (QED) is 0.684. The van der Waals surface area contributed by atoms with Crippen molar-refractivity contribution < 1.29 is 32.5 Å². The van der Waals surface area contributed by atoms with Gasteiger partial charge in [0, 0.05) is 6.54 Å². The number of carboxylic acid groups (broad SMARTS) is 1. The van der Waals surface area contributed by atoms with Gasteiger partial charge in [-0.3, -0.25) is 9.11 Å². The maximum Gasteiger partial charge on any atom is 0.407 e. The first kappa shape index (κ1) is 19.7. The summed E-state index contributed by atoms with van der Waals surface area (Å²) in [4.78, 5) is 12.4. The van der Waals surface area contributed by atoms with E-state index in [1.54, 1.807) is 18.2 Å². The number of para-hydroxylation sites is 3. The van der Waals surface area contributed by atoms with Gasteiger partial charge in [0.25, 0.3) is 0 Å². The molecular weight excluding hydrogens is 408 g/mol. The van der Waals surface area contributed by atoms with Gasteiger partial charge in [0.15, 0.2) is 11.6 Å². The van der Waals surface area contributed by atoms with Crippen LogP contribution in [0.1, 0.15) is 0 Å². The Labute approximate surface area is 167 Å². The zero-order valence-corrected chi connectivity index (χ0v) is 15.9. The van der Waals surface area contributed by atoms with Crippen LogP contribution in [0.5, 0.6) is 0 Å². The molecule has 0 aromatic heterocycles. The molecule has 1 fully saturated rings. The lowest BCUT2D eigenvalue weighted by atomic mass is 10.2. The van der Waals surface area contributed by atoms with Crippen LogP contribution in [0.15, 0.2) is 42.5 Å². The first-order chi connectivity index (χ1) is 13.8. The Kier molecular flexibility index (Phi) is 4.99. The minimum absolute atomic E-state index is 0.0393. The van der Waals surface area contributed by atoms with E-state index in [1.807, 2.05) is 0 Å². The number of morpholine rings is 1. The number of anilines is 3. The monoisotopic (exact) mass is 427 g/mol. The summed E-state index contributed by atoms with van der Waals surface area (Å²) in [6.07, 6.45) is -1.74. The molecular formula is C18H19F2N3O5S. The second-order valence-electron chi connectivity index (χ2n) is 6.63. The van der Waals surface area contributed by atoms with E-state index in [0.717, 1.165) is 16.4 Å². The summed E-state index contributed by atoms with van der Waals surface area (Å²) >= 11 is 0. The Bertz CT molecular complexity index is 927. The zero-order valence-electron chi connectivity index (χ0n) is 15.1. The number of hydrogen-bond acceptors (Lipinski definition) is 6. The zero-order chi connectivity index (χ0) is 20.8. The van der Waals surface area contributed by atoms with Crippen molar-refractivity contribution in [3.63, 3.8) is 0 Å². The third-order valence-corrected chi connectivity index (χ3v) is 6.64. The molecule has 0 radical (unpaired) electrons. The number of benzene rings is 2. The van der Waals surface area contributed by atoms with E-state index in [9.17, 15) is 27.8 Å². The number of halogens is 2. The van der Waals surface area contributed by atoms with Crippen LogP contribution in [-0.2, 0) is 4.74 Å². The molecule has 1 saturated heterocycles. The number of nitrogens with zero attached hydrogens (tertiary/aromatic N) is 3. The normalized spacial score (nSPS) is 21.8. The lowest BCUT2D eigenvalue weighted by Gasteiger charge is -2.45. The van der Waals surface area contributed by atoms with E-state index in [2.05, 4.69) is 0 Å². The molecule has 2 aromatic carbocycles. The van der Waals surface area contributed by atoms with Gasteiger partial charge in [-0.2, -0.15) is 0 Å². The van der Waals surface area contributed by atoms with Gasteiger partial charge < -0.3 is 14.7 Å². The Morgan fingerprint density at radius 3 is 2.41 bits per heavy atom. The van der Waals surface area contributed by atoms with Crippen molar-refractivity contribution in [3.05, 3.63) is 54.1 Å². The molecule has 29 heavy (non-hydrogen) atoms. The van der Waals surface area contributed by atoms with Gasteiger partial charge >= 0.3 is 6.09 Å². The molecule has 8 nitrogen and oxygen atoms in total. The predicted molar refractivity (Wildman–Crippen MR) is 104 cm³/mol. The van der Waals surface area contributed by atoms with E-state index in [4.69, 9.17) is 4.74 Å². The molecule has 0 aliphatic carbocycles. The highest BCUT2D eigenvalue weighted by Gasteiger charge is 2.45. The summed E-state index contributed by atoms with van der Waals surface area (Å²) in [5.41, 5.74) is 0.00720. The molecule has 0 bridgehead atoms. The van der Waals surface area contributed by atoms with E-state index < -0.39 is 40.5 Å². The summed E-state index contributed by atoms with van der Waals surface area (Å²) in [7, 11) is -3.88. The van der Waals surface area contributed by atoms with Crippen LogP contribution in [0.25, 0.3) is 0 Å². The number of hydrogen-bond donors (Lipinski definition) is 3. The smallest absolute Gasteiger partial charge is 0.407 e. The number of rotatable bonds is 3. The SMILES string of the molecule is O=C(O)N1CCO[C@@H](CN2c3ccccc3N(c3c(F)cccc3F)S2(O)O)C1. The topological polar surface area (TPSA) is 96.7 Å². The maximum atomic E-state index is 14.5. The predicted octanol–water partition coefficient (Wildman–Crippen LogP) is 3.88. The number of fused-ring (bicyclic) bond motifs is 1. The molecule has 2 heterocycles. The highest BCUT2D eigenvalue weighted by atomic mass is 32.3. The van der Waals surface area contributed by atoms with E-state index in [-0.39, 0.29) is 31.9 Å². The second-order valence-corrected chi connectivity index (χ2v) is 8.41. The average Bonchev–Trinajstić information content (AvgIpc) is 2.90. The Balaban J connectivity index is 1.72. The van der Waals surface area contributed by atoms with Crippen LogP contribution in [-0.4, -0.2) is 57.6 Å². The van der Waals surface area contributed by atoms with Crippen molar-refractivity contribution in [1.82, 2.24) is 4.90 Å². The maximum absolute atomic E-state index is 14.5. The Morgan fingerprint density at radius 2 is 1.76 bits per heavy atom. The van der Waals surface area contributed by atoms with Gasteiger partial charge in [-0.1, -0.05) is 18.2 Å². The molecule has 1 amide bonds. The van der Waals surface area contributed by atoms with Crippen LogP contribution in [0.2, 0.25) is 0 Å². The lowest BCUT2D eigenvalue weighted by molar-refractivity contribution is -0.0162. The van der Waals surface area contributed by atoms with Gasteiger partial charge in [-0.05, 0) is 35.2 Å². The van der Waals surface area contributed by atoms with Crippen LogP contribution < -0.4 is 8.61 Å². The van der Waals surface area contributed by atoms with Crippen molar-refractivity contribution in [2.75, 3.05) is 34.9 Å². The molecule has 1 atom stereocenters. The van der Waals surface area contributed by atoms with Gasteiger partial charge in [0.05, 0.1) is 37.2 Å². The first-order valence-corrected chi connectivity index (χ1v) is 10.3. The van der Waals surface area contributed by atoms with Crippen molar-refractivity contribution in [2.24, 2.45) is 0 Å². The third kappa shape index (κ3) is 3.35. The highest BCUT2D eigenvalue weighted by Crippen LogP contribution is 2.64. The molecule has 0 spiro atoms. The second kappa shape index (κ2) is 7.34. The molecule has 3 N–H and O–H groups in total. The summed E-state index contributed by atoms with van der Waals surface area (Å²) in [5.74, 6) is -1.87. The summed E-state index contributed by atoms with van der Waals surface area (Å²) in [5, 5.41) is 9.20. The molecule has 0 unspecified atom stereocenters. The van der Waals surface area contributed by atoms with Crippen LogP contribution in [0, 0.1) is 11.6 Å². The number of carbonyl (C=O) groups is 1. The van der Waals surface area contributed by atoms with E-state index in [0.29, 0.717) is 5.69 Å². The van der Waals surface area contributed by atoms with Crippen molar-refractivity contribution in [1.29, 1.82) is 0 Å². The standard InChI is InChI=1S/C18H19F2N3O5S/c19-13-4-3-5-14(20)17(13)23-16-7-2-1-6-15(16)22(29(23,26)27)11-12-10-21(18(24)25)8-9-28-12/h1-7,12,26-27H,8-11H2,(H,24,25)/t12-/m1/s1. The van der Waals surface area contributed by atoms with Crippen LogP contribution in [0.4, 0.5) is 30.6 Å². The minimum Gasteiger partial charge on any atom is -0.465 e. The molecule has 0 saturated carbocycles. The van der Waals surface area contributed by atoms with E-state index >= 15 is 0 Å². The Morgan fingerprint density at radius 1 is 1.10 bits per heavy atom. The van der Waals surface area contributed by atoms with Crippen molar-refractivity contribution in [2.45, 2.75) is 6.10 Å². The molecule has 11 heteroatoms. The van der Waals surface area contributed by atoms with Crippen molar-refractivity contribution in [3.8, 4) is 0 Å². The molecule has 4 rings (SSSR count). The third-order valence-electron chi connectivity index (χ3n) is 4.83. The van der Waals surface area contributed by atoms with Gasteiger partial charge in [-0.25, -0.2) is 22.2 Å². The molecule has 156 valence electrons. The largest absolute Gasteiger partial charge is 0.465 e. The van der Waals surface area contributed by atoms with Gasteiger partial charge in [-0.15, -0.1) is 0 Å². The number of ether oxygens (including phenoxy) is 1. The fourth-order valence-electron chi connectivity index (χ4n) is 3.52. The average molecular weight is 427 g/mol. The van der Waals surface area contributed by atoms with Crippen LogP contribution in [0.3, 0.4) is 0 Å². The van der Waals surface area contributed by atoms with Crippen LogP contribution >= 0.6 is 11.0 Å². The first-order valence-electron chi connectivity index (χ1n) is 8.79. The fraction of sp³-hybridized carbons (Fsp3) is 0.278. The Hall–Kier alpha value is -2.60. The fourth-order valence-corrected chi connectivity index (χ4v) is 5.34. The van der Waals surface area contributed by atoms with Crippen molar-refractivity contribution >= 4 is 34.1 Å². The summed E-state index contributed by atoms with van der Waals surface area (Å²) in [6.45, 7) is 0.343. The lowest BCUT2D eigenvalue weighted by Crippen LogP contribution is -2.49.